The molecule has 0 fully saturated rings. The van der Waals surface area contributed by atoms with E-state index >= 15 is 0 Å². The Morgan fingerprint density at radius 1 is 1.05 bits per heavy atom. The maximum Gasteiger partial charge on any atom is 0.164 e. The molecule has 40 heavy (non-hydrogen) atoms. The van der Waals surface area contributed by atoms with Crippen molar-refractivity contribution in [1.29, 1.82) is 5.26 Å². The number of alkyl halides is 1. The monoisotopic (exact) mass is 536 g/mol. The fraction of sp³-hybridized carbons (Fsp3) is 0.417. The Kier molecular flexibility index (Phi) is 10.0. The van der Waals surface area contributed by atoms with Gasteiger partial charge >= 0.3 is 0 Å². The summed E-state index contributed by atoms with van der Waals surface area (Å²) < 4.78 is 14.2. The highest BCUT2D eigenvalue weighted by molar-refractivity contribution is 5.97. The van der Waals surface area contributed by atoms with Gasteiger partial charge in [0.2, 0.25) is 0 Å². The molecule has 1 heterocycles. The number of hydrogen-bond acceptors (Lipinski definition) is 3. The zero-order chi connectivity index (χ0) is 28.5. The summed E-state index contributed by atoms with van der Waals surface area (Å²) in [6.45, 7) is 5.36. The molecule has 0 saturated carbocycles. The normalized spacial score (nSPS) is 17.4. The number of rotatable bonds is 11. The van der Waals surface area contributed by atoms with Crippen molar-refractivity contribution in [3.63, 3.8) is 0 Å². The van der Waals surface area contributed by atoms with Crippen LogP contribution in [0.4, 0.5) is 4.39 Å². The molecular weight excluding hydrogens is 495 g/mol. The number of carbonyl (C=O) groups excluding carboxylic acids is 1. The lowest BCUT2D eigenvalue weighted by molar-refractivity contribution is 0.0978. The number of aromatic nitrogens is 1. The van der Waals surface area contributed by atoms with E-state index in [2.05, 4.69) is 37.3 Å². The molecule has 4 rings (SSSR count). The average molecular weight is 537 g/mol. The number of benzene rings is 1. The Morgan fingerprint density at radius 2 is 1.85 bits per heavy atom. The van der Waals surface area contributed by atoms with Gasteiger partial charge in [0.05, 0.1) is 17.5 Å². The van der Waals surface area contributed by atoms with E-state index in [1.807, 2.05) is 42.5 Å². The first-order valence-corrected chi connectivity index (χ1v) is 14.7. The molecule has 0 amide bonds. The van der Waals surface area contributed by atoms with E-state index in [-0.39, 0.29) is 5.78 Å². The lowest BCUT2D eigenvalue weighted by Crippen LogP contribution is -2.09. The molecule has 1 aromatic carbocycles. The second-order valence-corrected chi connectivity index (χ2v) is 11.6. The molecule has 2 aliphatic carbocycles. The Labute approximate surface area is 239 Å². The minimum Gasteiger partial charge on any atom is -0.294 e. The van der Waals surface area contributed by atoms with Crippen LogP contribution in [0.3, 0.4) is 0 Å². The van der Waals surface area contributed by atoms with Crippen LogP contribution in [-0.2, 0) is 18.5 Å². The number of aryl methyl sites for hydroxylation is 2. The van der Waals surface area contributed by atoms with Gasteiger partial charge in [0.1, 0.15) is 5.67 Å². The second-order valence-electron chi connectivity index (χ2n) is 11.6. The van der Waals surface area contributed by atoms with Gasteiger partial charge in [-0.3, -0.25) is 9.78 Å². The number of allylic oxidation sites excluding steroid dienone is 8. The molecule has 208 valence electrons. The summed E-state index contributed by atoms with van der Waals surface area (Å²) in [4.78, 5) is 18.4. The van der Waals surface area contributed by atoms with E-state index in [1.165, 1.54) is 5.57 Å². The Bertz CT molecular complexity index is 1360. The first kappa shape index (κ1) is 29.4. The van der Waals surface area contributed by atoms with Crippen LogP contribution in [0.1, 0.15) is 105 Å². The minimum absolute atomic E-state index is 0.104. The topological polar surface area (TPSA) is 53.8 Å². The number of pyridine rings is 1. The van der Waals surface area contributed by atoms with Gasteiger partial charge in [-0.2, -0.15) is 5.26 Å². The SMILES string of the molecule is C[C@H]1C=C(CCCc2nc(C3=C(C#N)CCCC=C3)ccc2C(=O)CCCc2ccc(C(C)(C)F)cc2)C=CC1. The molecule has 0 unspecified atom stereocenters. The second kappa shape index (κ2) is 13.7. The van der Waals surface area contributed by atoms with Crippen LogP contribution in [0.15, 0.2) is 77.9 Å². The third-order valence-electron chi connectivity index (χ3n) is 7.82. The van der Waals surface area contributed by atoms with Crippen LogP contribution in [0.5, 0.6) is 0 Å². The third kappa shape index (κ3) is 7.98. The van der Waals surface area contributed by atoms with Crippen LogP contribution in [-0.4, -0.2) is 10.8 Å². The maximum absolute atomic E-state index is 14.2. The third-order valence-corrected chi connectivity index (χ3v) is 7.82. The lowest BCUT2D eigenvalue weighted by atomic mass is 9.93. The molecule has 0 saturated heterocycles. The number of nitrogens with zero attached hydrogens (tertiary/aromatic N) is 2. The molecule has 0 bridgehead atoms. The Morgan fingerprint density at radius 3 is 2.58 bits per heavy atom. The highest BCUT2D eigenvalue weighted by Crippen LogP contribution is 2.28. The van der Waals surface area contributed by atoms with Gasteiger partial charge in [0, 0.05) is 23.1 Å². The summed E-state index contributed by atoms with van der Waals surface area (Å²) in [5, 5.41) is 9.76. The van der Waals surface area contributed by atoms with Crippen molar-refractivity contribution in [1.82, 2.24) is 4.98 Å². The summed E-state index contributed by atoms with van der Waals surface area (Å²) in [6, 6.07) is 13.8. The minimum atomic E-state index is -1.36. The number of nitriles is 1. The van der Waals surface area contributed by atoms with Gasteiger partial charge < -0.3 is 0 Å². The van der Waals surface area contributed by atoms with Crippen molar-refractivity contribution in [2.45, 2.75) is 90.6 Å². The van der Waals surface area contributed by atoms with Crippen molar-refractivity contribution in [3.8, 4) is 6.07 Å². The zero-order valence-electron chi connectivity index (χ0n) is 24.2. The number of Topliss-reactive ketones (excluding diaryl/α,β-unsaturated/α-hetero) is 1. The smallest absolute Gasteiger partial charge is 0.164 e. The van der Waals surface area contributed by atoms with Crippen molar-refractivity contribution < 1.29 is 9.18 Å². The molecule has 1 aromatic heterocycles. The van der Waals surface area contributed by atoms with Crippen LogP contribution >= 0.6 is 0 Å². The molecule has 2 aromatic rings. The molecule has 0 aliphatic heterocycles. The van der Waals surface area contributed by atoms with Crippen molar-refractivity contribution >= 4 is 11.4 Å². The maximum atomic E-state index is 14.2. The van der Waals surface area contributed by atoms with Crippen molar-refractivity contribution in [2.75, 3.05) is 0 Å². The molecule has 3 nitrogen and oxygen atoms in total. The highest BCUT2D eigenvalue weighted by Gasteiger charge is 2.19. The average Bonchev–Trinajstić information content (AvgIpc) is 3.18. The fourth-order valence-corrected chi connectivity index (χ4v) is 5.49. The first-order chi connectivity index (χ1) is 19.2. The van der Waals surface area contributed by atoms with E-state index in [9.17, 15) is 14.4 Å². The van der Waals surface area contributed by atoms with E-state index < -0.39 is 5.67 Å². The van der Waals surface area contributed by atoms with Gasteiger partial charge in [0.15, 0.2) is 5.78 Å². The molecule has 0 N–H and O–H groups in total. The fourth-order valence-electron chi connectivity index (χ4n) is 5.49. The van der Waals surface area contributed by atoms with Crippen LogP contribution in [0, 0.1) is 17.2 Å². The number of hydrogen-bond donors (Lipinski definition) is 0. The standard InChI is InChI=1S/C36H41FN2O/c1-26-10-7-12-28(24-26)13-8-16-33-32(22-23-34(39-33)31-15-6-4-5-14-29(31)25-38)35(40)17-9-11-27-18-20-30(21-19-27)36(2,3)37/h6-7,12,15,18-24,26H,4-5,8-11,13-14,16-17H2,1-3H3/t26-/m1/s1. The Balaban J connectivity index is 1.50. The summed E-state index contributed by atoms with van der Waals surface area (Å²) >= 11 is 0. The predicted octanol–water partition coefficient (Wildman–Crippen LogP) is 9.35. The Hall–Kier alpha value is -3.58. The van der Waals surface area contributed by atoms with Gasteiger partial charge in [-0.1, -0.05) is 67.1 Å². The molecular formula is C36H41FN2O. The summed E-state index contributed by atoms with van der Waals surface area (Å²) in [7, 11) is 0. The van der Waals surface area contributed by atoms with Gasteiger partial charge in [-0.15, -0.1) is 0 Å². The zero-order valence-corrected chi connectivity index (χ0v) is 24.2. The largest absolute Gasteiger partial charge is 0.294 e. The first-order valence-electron chi connectivity index (χ1n) is 14.7. The van der Waals surface area contributed by atoms with Gasteiger partial charge in [0.25, 0.3) is 0 Å². The molecule has 0 spiro atoms. The van der Waals surface area contributed by atoms with E-state index in [0.29, 0.717) is 29.9 Å². The van der Waals surface area contributed by atoms with Gasteiger partial charge in [-0.25, -0.2) is 4.39 Å². The molecule has 0 radical (unpaired) electrons. The molecule has 2 aliphatic rings. The van der Waals surface area contributed by atoms with E-state index in [1.54, 1.807) is 13.8 Å². The predicted molar refractivity (Wildman–Crippen MR) is 162 cm³/mol. The lowest BCUT2D eigenvalue weighted by Gasteiger charge is -2.15. The van der Waals surface area contributed by atoms with E-state index in [0.717, 1.165) is 79.5 Å². The van der Waals surface area contributed by atoms with Crippen LogP contribution in [0.25, 0.3) is 5.57 Å². The van der Waals surface area contributed by atoms with Gasteiger partial charge in [-0.05, 0) is 101 Å². The van der Waals surface area contributed by atoms with E-state index in [4.69, 9.17) is 4.98 Å². The quantitative estimate of drug-likeness (QED) is 0.269. The van der Waals surface area contributed by atoms with Crippen molar-refractivity contribution in [3.05, 3.63) is 106 Å². The molecule has 4 heteroatoms. The number of carbonyl (C=O) groups is 1. The van der Waals surface area contributed by atoms with Crippen LogP contribution < -0.4 is 0 Å². The molecule has 1 atom stereocenters. The van der Waals surface area contributed by atoms with Crippen molar-refractivity contribution in [2.24, 2.45) is 5.92 Å². The highest BCUT2D eigenvalue weighted by atomic mass is 19.1. The summed E-state index contributed by atoms with van der Waals surface area (Å²) in [5.74, 6) is 0.670. The summed E-state index contributed by atoms with van der Waals surface area (Å²) in [5.41, 5.74) is 5.71. The summed E-state index contributed by atoms with van der Waals surface area (Å²) in [6.07, 6.45) is 19.2. The number of halogens is 1. The van der Waals surface area contributed by atoms with Crippen LogP contribution in [0.2, 0.25) is 0 Å². The number of ketones is 1.